The Morgan fingerprint density at radius 3 is 2.74 bits per heavy atom. The Balaban J connectivity index is 1.65. The quantitative estimate of drug-likeness (QED) is 0.608. The number of imidazole rings is 1. The summed E-state index contributed by atoms with van der Waals surface area (Å²) in [5.74, 6) is 0.702. The number of amides is 2. The van der Waals surface area contributed by atoms with Crippen molar-refractivity contribution < 1.29 is 9.53 Å². The first-order valence-corrected chi connectivity index (χ1v) is 10.1. The van der Waals surface area contributed by atoms with Gasteiger partial charge in [0.05, 0.1) is 30.2 Å². The van der Waals surface area contributed by atoms with Crippen molar-refractivity contribution in [3.05, 3.63) is 77.4 Å². The van der Waals surface area contributed by atoms with Gasteiger partial charge in [0.1, 0.15) is 12.4 Å². The molecule has 0 aliphatic rings. The average Bonchev–Trinajstić information content (AvgIpc) is 3.16. The Labute approximate surface area is 182 Å². The van der Waals surface area contributed by atoms with Crippen LogP contribution in [0.15, 0.2) is 55.0 Å². The van der Waals surface area contributed by atoms with E-state index in [0.29, 0.717) is 24.5 Å². The third-order valence-electron chi connectivity index (χ3n) is 5.03. The number of urea groups is 1. The molecule has 0 saturated carbocycles. The molecule has 0 spiro atoms. The van der Waals surface area contributed by atoms with E-state index in [2.05, 4.69) is 16.4 Å². The number of nitrogens with one attached hydrogen (secondary N) is 1. The molecule has 0 atom stereocenters. The molecule has 1 aromatic heterocycles. The smallest absolute Gasteiger partial charge is 0.322 e. The van der Waals surface area contributed by atoms with Gasteiger partial charge in [0.25, 0.3) is 0 Å². The molecule has 3 aromatic rings. The number of hydrogen-bond acceptors (Lipinski definition) is 4. The molecular formula is C24H27N5O2. The zero-order chi connectivity index (χ0) is 22.4. The minimum atomic E-state index is -0.165. The summed E-state index contributed by atoms with van der Waals surface area (Å²) in [5, 5.41) is 12.0. The maximum Gasteiger partial charge on any atom is 0.322 e. The second-order valence-corrected chi connectivity index (χ2v) is 7.73. The molecule has 0 aliphatic carbocycles. The third-order valence-corrected chi connectivity index (χ3v) is 5.03. The molecule has 1 heterocycles. The number of hydrogen-bond donors (Lipinski definition) is 1. The molecule has 7 heteroatoms. The molecule has 7 nitrogen and oxygen atoms in total. The van der Waals surface area contributed by atoms with Gasteiger partial charge in [-0.3, -0.25) is 0 Å². The second-order valence-electron chi connectivity index (χ2n) is 7.73. The van der Waals surface area contributed by atoms with Crippen LogP contribution in [0.2, 0.25) is 0 Å². The lowest BCUT2D eigenvalue weighted by atomic mass is 10.1. The summed E-state index contributed by atoms with van der Waals surface area (Å²) >= 11 is 0. The minimum absolute atomic E-state index is 0.0296. The normalized spacial score (nSPS) is 10.6. The average molecular weight is 418 g/mol. The largest absolute Gasteiger partial charge is 0.489 e. The summed E-state index contributed by atoms with van der Waals surface area (Å²) in [6.45, 7) is 6.75. The van der Waals surface area contributed by atoms with E-state index >= 15 is 0 Å². The predicted octanol–water partition coefficient (Wildman–Crippen LogP) is 4.62. The molecule has 0 unspecified atom stereocenters. The van der Waals surface area contributed by atoms with Crippen LogP contribution in [-0.2, 0) is 20.2 Å². The van der Waals surface area contributed by atoms with E-state index < -0.39 is 0 Å². The molecule has 2 aromatic carbocycles. The highest BCUT2D eigenvalue weighted by Crippen LogP contribution is 2.23. The van der Waals surface area contributed by atoms with Gasteiger partial charge in [-0.2, -0.15) is 5.26 Å². The van der Waals surface area contributed by atoms with E-state index in [0.717, 1.165) is 22.5 Å². The standard InChI is InChI=1S/C24H27N5O2/c1-17(2)29(14-21-13-26-16-28(21)4)24(30)27-23-9-8-22(10-18(23)3)31-15-20-7-5-6-19(11-20)12-25/h5-11,13,16-17H,14-15H2,1-4H3,(H,27,30). The minimum Gasteiger partial charge on any atom is -0.489 e. The molecule has 0 fully saturated rings. The van der Waals surface area contributed by atoms with Crippen molar-refractivity contribution in [3.63, 3.8) is 0 Å². The van der Waals surface area contributed by atoms with E-state index in [9.17, 15) is 4.79 Å². The number of aryl methyl sites for hydroxylation is 2. The van der Waals surface area contributed by atoms with Crippen molar-refractivity contribution in [1.29, 1.82) is 5.26 Å². The first-order valence-electron chi connectivity index (χ1n) is 10.1. The number of nitriles is 1. The van der Waals surface area contributed by atoms with E-state index in [1.807, 2.05) is 68.8 Å². The van der Waals surface area contributed by atoms with Crippen LogP contribution < -0.4 is 10.1 Å². The highest BCUT2D eigenvalue weighted by molar-refractivity contribution is 5.90. The summed E-state index contributed by atoms with van der Waals surface area (Å²) in [6.07, 6.45) is 3.50. The van der Waals surface area contributed by atoms with Crippen molar-refractivity contribution in [3.8, 4) is 11.8 Å². The van der Waals surface area contributed by atoms with E-state index in [4.69, 9.17) is 10.00 Å². The molecule has 160 valence electrons. The van der Waals surface area contributed by atoms with Gasteiger partial charge in [0, 0.05) is 25.0 Å². The number of nitrogens with zero attached hydrogens (tertiary/aromatic N) is 4. The van der Waals surface area contributed by atoms with Gasteiger partial charge in [-0.15, -0.1) is 0 Å². The Bertz CT molecular complexity index is 1100. The highest BCUT2D eigenvalue weighted by Gasteiger charge is 2.19. The Morgan fingerprint density at radius 1 is 1.29 bits per heavy atom. The van der Waals surface area contributed by atoms with Gasteiger partial charge in [0.15, 0.2) is 0 Å². The van der Waals surface area contributed by atoms with Gasteiger partial charge in [0.2, 0.25) is 0 Å². The molecular weight excluding hydrogens is 390 g/mol. The van der Waals surface area contributed by atoms with Crippen molar-refractivity contribution in [2.45, 2.75) is 40.0 Å². The van der Waals surface area contributed by atoms with Crippen LogP contribution in [-0.4, -0.2) is 26.5 Å². The predicted molar refractivity (Wildman–Crippen MR) is 120 cm³/mol. The maximum atomic E-state index is 12.9. The molecule has 0 aliphatic heterocycles. The summed E-state index contributed by atoms with van der Waals surface area (Å²) in [7, 11) is 1.91. The van der Waals surface area contributed by atoms with Crippen molar-refractivity contribution in [2.24, 2.45) is 7.05 Å². The van der Waals surface area contributed by atoms with Gasteiger partial charge >= 0.3 is 6.03 Å². The van der Waals surface area contributed by atoms with Crippen LogP contribution in [0.1, 0.15) is 36.2 Å². The Kier molecular flexibility index (Phi) is 6.93. The molecule has 31 heavy (non-hydrogen) atoms. The summed E-state index contributed by atoms with van der Waals surface area (Å²) in [6, 6.07) is 14.9. The fraction of sp³-hybridized carbons (Fsp3) is 0.292. The van der Waals surface area contributed by atoms with E-state index in [1.165, 1.54) is 0 Å². The van der Waals surface area contributed by atoms with Crippen LogP contribution in [0.4, 0.5) is 10.5 Å². The number of benzene rings is 2. The first-order chi connectivity index (χ1) is 14.9. The van der Waals surface area contributed by atoms with Gasteiger partial charge in [-0.25, -0.2) is 9.78 Å². The molecule has 2 amide bonds. The third kappa shape index (κ3) is 5.64. The SMILES string of the molecule is Cc1cc(OCc2cccc(C#N)c2)ccc1NC(=O)N(Cc1cncn1C)C(C)C. The monoisotopic (exact) mass is 417 g/mol. The Hall–Kier alpha value is -3.79. The lowest BCUT2D eigenvalue weighted by Gasteiger charge is -2.27. The number of aromatic nitrogens is 2. The number of carbonyl (C=O) groups excluding carboxylic acids is 1. The lowest BCUT2D eigenvalue weighted by Crippen LogP contribution is -2.40. The van der Waals surface area contributed by atoms with Gasteiger partial charge in [-0.05, 0) is 62.2 Å². The Morgan fingerprint density at radius 2 is 2.10 bits per heavy atom. The van der Waals surface area contributed by atoms with Gasteiger partial charge in [-0.1, -0.05) is 12.1 Å². The fourth-order valence-electron chi connectivity index (χ4n) is 3.15. The van der Waals surface area contributed by atoms with Crippen LogP contribution in [0.25, 0.3) is 0 Å². The number of anilines is 1. The van der Waals surface area contributed by atoms with Crippen molar-refractivity contribution in [1.82, 2.24) is 14.5 Å². The van der Waals surface area contributed by atoms with Crippen molar-refractivity contribution >= 4 is 11.7 Å². The van der Waals surface area contributed by atoms with Crippen molar-refractivity contribution in [2.75, 3.05) is 5.32 Å². The van der Waals surface area contributed by atoms with E-state index in [1.54, 1.807) is 23.5 Å². The summed E-state index contributed by atoms with van der Waals surface area (Å²) < 4.78 is 7.77. The molecule has 1 N–H and O–H groups in total. The summed E-state index contributed by atoms with van der Waals surface area (Å²) in [4.78, 5) is 18.8. The maximum absolute atomic E-state index is 12.9. The molecule has 0 radical (unpaired) electrons. The number of rotatable bonds is 7. The van der Waals surface area contributed by atoms with Crippen LogP contribution in [0.5, 0.6) is 5.75 Å². The first kappa shape index (κ1) is 21.9. The lowest BCUT2D eigenvalue weighted by molar-refractivity contribution is 0.192. The van der Waals surface area contributed by atoms with Crippen LogP contribution in [0, 0.1) is 18.3 Å². The van der Waals surface area contributed by atoms with Crippen LogP contribution >= 0.6 is 0 Å². The highest BCUT2D eigenvalue weighted by atomic mass is 16.5. The van der Waals surface area contributed by atoms with Crippen LogP contribution in [0.3, 0.4) is 0 Å². The topological polar surface area (TPSA) is 83.2 Å². The second kappa shape index (κ2) is 9.81. The van der Waals surface area contributed by atoms with E-state index in [-0.39, 0.29) is 12.1 Å². The zero-order valence-electron chi connectivity index (χ0n) is 18.3. The zero-order valence-corrected chi connectivity index (χ0v) is 18.3. The molecule has 0 saturated heterocycles. The number of carbonyl (C=O) groups is 1. The number of ether oxygens (including phenoxy) is 1. The molecule has 3 rings (SSSR count). The fourth-order valence-corrected chi connectivity index (χ4v) is 3.15. The summed E-state index contributed by atoms with van der Waals surface area (Å²) in [5.41, 5.74) is 4.14. The van der Waals surface area contributed by atoms with Gasteiger partial charge < -0.3 is 19.5 Å². The molecule has 0 bridgehead atoms.